The lowest BCUT2D eigenvalue weighted by molar-refractivity contribution is -0.134. The van der Waals surface area contributed by atoms with Crippen molar-refractivity contribution in [3.05, 3.63) is 17.5 Å². The summed E-state index contributed by atoms with van der Waals surface area (Å²) in [5.74, 6) is 0.678. The van der Waals surface area contributed by atoms with Crippen LogP contribution in [-0.2, 0) is 14.3 Å². The summed E-state index contributed by atoms with van der Waals surface area (Å²) >= 11 is 0. The van der Waals surface area contributed by atoms with Crippen molar-refractivity contribution in [1.82, 2.24) is 20.2 Å². The molecule has 1 aromatic rings. The third kappa shape index (κ3) is 5.63. The van der Waals surface area contributed by atoms with E-state index >= 15 is 0 Å². The average molecular weight is 375 g/mol. The first-order chi connectivity index (χ1) is 13.0. The van der Waals surface area contributed by atoms with Crippen LogP contribution in [0.15, 0.2) is 6.07 Å². The SMILES string of the molecule is Cc1cc(C)nc(N2CCN(C(=O)CCC(=O)NC[C@H]3CCCO3)CC2)n1. The Labute approximate surface area is 160 Å². The minimum absolute atomic E-state index is 0.0308. The summed E-state index contributed by atoms with van der Waals surface area (Å²) in [6.07, 6.45) is 2.65. The highest BCUT2D eigenvalue weighted by Crippen LogP contribution is 2.14. The van der Waals surface area contributed by atoms with Gasteiger partial charge < -0.3 is 19.9 Å². The highest BCUT2D eigenvalue weighted by atomic mass is 16.5. The third-order valence-corrected chi connectivity index (χ3v) is 5.00. The zero-order chi connectivity index (χ0) is 19.2. The molecule has 0 unspecified atom stereocenters. The van der Waals surface area contributed by atoms with Crippen molar-refractivity contribution in [3.8, 4) is 0 Å². The van der Waals surface area contributed by atoms with Gasteiger partial charge in [-0.25, -0.2) is 9.97 Å². The second-order valence-corrected chi connectivity index (χ2v) is 7.26. The zero-order valence-corrected chi connectivity index (χ0v) is 16.2. The van der Waals surface area contributed by atoms with E-state index in [1.807, 2.05) is 24.8 Å². The molecule has 27 heavy (non-hydrogen) atoms. The molecule has 3 heterocycles. The number of hydrogen-bond donors (Lipinski definition) is 1. The summed E-state index contributed by atoms with van der Waals surface area (Å²) in [6.45, 7) is 7.92. The van der Waals surface area contributed by atoms with Crippen LogP contribution in [-0.4, -0.2) is 72.1 Å². The van der Waals surface area contributed by atoms with Crippen LogP contribution in [0.5, 0.6) is 0 Å². The third-order valence-electron chi connectivity index (χ3n) is 5.00. The Bertz CT molecular complexity index is 647. The van der Waals surface area contributed by atoms with E-state index in [2.05, 4.69) is 20.2 Å². The number of piperazine rings is 1. The van der Waals surface area contributed by atoms with Gasteiger partial charge in [0.05, 0.1) is 6.10 Å². The number of nitrogens with zero attached hydrogens (tertiary/aromatic N) is 4. The van der Waals surface area contributed by atoms with Crippen LogP contribution in [0.2, 0.25) is 0 Å². The molecule has 1 N–H and O–H groups in total. The topological polar surface area (TPSA) is 87.7 Å². The van der Waals surface area contributed by atoms with E-state index in [1.165, 1.54) is 0 Å². The molecule has 0 bridgehead atoms. The maximum Gasteiger partial charge on any atom is 0.225 e. The number of ether oxygens (including phenoxy) is 1. The highest BCUT2D eigenvalue weighted by Gasteiger charge is 2.23. The molecule has 148 valence electrons. The van der Waals surface area contributed by atoms with E-state index in [4.69, 9.17) is 4.74 Å². The van der Waals surface area contributed by atoms with Crippen molar-refractivity contribution in [1.29, 1.82) is 0 Å². The minimum atomic E-state index is -0.0823. The standard InChI is InChI=1S/C19H29N5O3/c1-14-12-15(2)22-19(21-14)24-9-7-23(8-10-24)18(26)6-5-17(25)20-13-16-4-3-11-27-16/h12,16H,3-11,13H2,1-2H3,(H,20,25)/t16-/m1/s1. The fourth-order valence-electron chi connectivity index (χ4n) is 3.50. The normalized spacial score (nSPS) is 20.0. The van der Waals surface area contributed by atoms with Gasteiger partial charge in [0.25, 0.3) is 0 Å². The number of nitrogens with one attached hydrogen (secondary N) is 1. The molecule has 0 aromatic carbocycles. The first-order valence-corrected chi connectivity index (χ1v) is 9.74. The fraction of sp³-hybridized carbons (Fsp3) is 0.684. The number of carbonyl (C=O) groups is 2. The Morgan fingerprint density at radius 2 is 1.85 bits per heavy atom. The fourth-order valence-corrected chi connectivity index (χ4v) is 3.50. The molecule has 1 aromatic heterocycles. The van der Waals surface area contributed by atoms with Crippen molar-refractivity contribution in [2.75, 3.05) is 44.2 Å². The van der Waals surface area contributed by atoms with Crippen molar-refractivity contribution in [3.63, 3.8) is 0 Å². The molecule has 3 rings (SSSR count). The lowest BCUT2D eigenvalue weighted by atomic mass is 10.2. The largest absolute Gasteiger partial charge is 0.376 e. The van der Waals surface area contributed by atoms with Crippen molar-refractivity contribution in [2.45, 2.75) is 45.6 Å². The van der Waals surface area contributed by atoms with Gasteiger partial charge in [-0.1, -0.05) is 0 Å². The molecule has 2 saturated heterocycles. The molecular weight excluding hydrogens is 346 g/mol. The van der Waals surface area contributed by atoms with Gasteiger partial charge in [0.15, 0.2) is 0 Å². The molecule has 0 spiro atoms. The van der Waals surface area contributed by atoms with Gasteiger partial charge in [-0.05, 0) is 32.8 Å². The summed E-state index contributed by atoms with van der Waals surface area (Å²) in [7, 11) is 0. The van der Waals surface area contributed by atoms with Crippen LogP contribution in [0.4, 0.5) is 5.95 Å². The molecule has 0 radical (unpaired) electrons. The molecule has 1 atom stereocenters. The van der Waals surface area contributed by atoms with E-state index in [0.29, 0.717) is 32.7 Å². The smallest absolute Gasteiger partial charge is 0.225 e. The molecule has 2 amide bonds. The summed E-state index contributed by atoms with van der Waals surface area (Å²) in [4.78, 5) is 37.2. The van der Waals surface area contributed by atoms with Crippen LogP contribution in [0.25, 0.3) is 0 Å². The van der Waals surface area contributed by atoms with E-state index in [-0.39, 0.29) is 30.8 Å². The van der Waals surface area contributed by atoms with Crippen molar-refractivity contribution in [2.24, 2.45) is 0 Å². The number of anilines is 1. The van der Waals surface area contributed by atoms with Crippen LogP contribution >= 0.6 is 0 Å². The lowest BCUT2D eigenvalue weighted by Crippen LogP contribution is -2.49. The Morgan fingerprint density at radius 1 is 1.15 bits per heavy atom. The lowest BCUT2D eigenvalue weighted by Gasteiger charge is -2.35. The number of carbonyl (C=O) groups excluding carboxylic acids is 2. The van der Waals surface area contributed by atoms with E-state index in [0.717, 1.165) is 36.8 Å². The van der Waals surface area contributed by atoms with Gasteiger partial charge in [0.2, 0.25) is 17.8 Å². The predicted molar refractivity (Wildman–Crippen MR) is 102 cm³/mol. The van der Waals surface area contributed by atoms with Gasteiger partial charge in [-0.15, -0.1) is 0 Å². The van der Waals surface area contributed by atoms with Crippen LogP contribution in [0, 0.1) is 13.8 Å². The maximum atomic E-state index is 12.4. The van der Waals surface area contributed by atoms with Gasteiger partial charge in [0, 0.05) is 63.6 Å². The van der Waals surface area contributed by atoms with Crippen LogP contribution in [0.3, 0.4) is 0 Å². The second-order valence-electron chi connectivity index (χ2n) is 7.26. The Hall–Kier alpha value is -2.22. The zero-order valence-electron chi connectivity index (χ0n) is 16.2. The molecule has 8 nitrogen and oxygen atoms in total. The Morgan fingerprint density at radius 3 is 2.48 bits per heavy atom. The molecule has 8 heteroatoms. The summed E-state index contributed by atoms with van der Waals surface area (Å²) in [5.41, 5.74) is 1.90. The van der Waals surface area contributed by atoms with Crippen molar-refractivity contribution < 1.29 is 14.3 Å². The predicted octanol–water partition coefficient (Wildman–Crippen LogP) is 0.817. The molecular formula is C19H29N5O3. The quantitative estimate of drug-likeness (QED) is 0.792. The van der Waals surface area contributed by atoms with E-state index < -0.39 is 0 Å². The number of rotatable bonds is 6. The first-order valence-electron chi connectivity index (χ1n) is 9.74. The second kappa shape index (κ2) is 9.12. The van der Waals surface area contributed by atoms with Gasteiger partial charge in [-0.3, -0.25) is 9.59 Å². The minimum Gasteiger partial charge on any atom is -0.376 e. The highest BCUT2D eigenvalue weighted by molar-refractivity contribution is 5.83. The molecule has 2 aliphatic rings. The molecule has 0 saturated carbocycles. The van der Waals surface area contributed by atoms with Gasteiger partial charge in [0.1, 0.15) is 0 Å². The number of aromatic nitrogens is 2. The van der Waals surface area contributed by atoms with E-state index in [9.17, 15) is 9.59 Å². The Balaban J connectivity index is 1.38. The molecule has 0 aliphatic carbocycles. The Kier molecular flexibility index (Phi) is 6.60. The number of hydrogen-bond acceptors (Lipinski definition) is 6. The molecule has 2 aliphatic heterocycles. The molecule has 2 fully saturated rings. The summed E-state index contributed by atoms with van der Waals surface area (Å²) in [6, 6.07) is 1.95. The van der Waals surface area contributed by atoms with Crippen LogP contribution in [0.1, 0.15) is 37.1 Å². The average Bonchev–Trinajstić information content (AvgIpc) is 3.17. The van der Waals surface area contributed by atoms with E-state index in [1.54, 1.807) is 0 Å². The summed E-state index contributed by atoms with van der Waals surface area (Å²) < 4.78 is 5.48. The number of aryl methyl sites for hydroxylation is 2. The maximum absolute atomic E-state index is 12.4. The van der Waals surface area contributed by atoms with Crippen LogP contribution < -0.4 is 10.2 Å². The number of amides is 2. The van der Waals surface area contributed by atoms with Gasteiger partial charge >= 0.3 is 0 Å². The van der Waals surface area contributed by atoms with Gasteiger partial charge in [-0.2, -0.15) is 0 Å². The first kappa shape index (κ1) is 19.5. The summed E-state index contributed by atoms with van der Waals surface area (Å²) in [5, 5.41) is 2.86. The van der Waals surface area contributed by atoms with Crippen molar-refractivity contribution >= 4 is 17.8 Å². The monoisotopic (exact) mass is 375 g/mol.